The van der Waals surface area contributed by atoms with Crippen LogP contribution in [0.4, 0.5) is 5.69 Å². The third-order valence-corrected chi connectivity index (χ3v) is 3.93. The van der Waals surface area contributed by atoms with Gasteiger partial charge >= 0.3 is 0 Å². The quantitative estimate of drug-likeness (QED) is 0.429. The fourth-order valence-electron chi connectivity index (χ4n) is 1.96. The van der Waals surface area contributed by atoms with Crippen molar-refractivity contribution in [2.24, 2.45) is 0 Å². The number of benzene rings is 2. The van der Waals surface area contributed by atoms with Crippen molar-refractivity contribution in [3.8, 4) is 6.07 Å². The fourth-order valence-corrected chi connectivity index (χ4v) is 2.41. The molecule has 122 valence electrons. The number of nitrogens with zero attached hydrogens (tertiary/aromatic N) is 1. The molecule has 0 aliphatic heterocycles. The summed E-state index contributed by atoms with van der Waals surface area (Å²) in [5, 5.41) is 15.3. The van der Waals surface area contributed by atoms with Crippen molar-refractivity contribution in [1.82, 2.24) is 5.32 Å². The number of carbonyl (C=O) groups is 1. The number of hydrogen-bond donors (Lipinski definition) is 2. The van der Waals surface area contributed by atoms with Crippen molar-refractivity contribution in [1.29, 1.82) is 5.26 Å². The number of halogens is 2. The fraction of sp³-hybridized carbons (Fsp3) is 0.111. The molecule has 24 heavy (non-hydrogen) atoms. The van der Waals surface area contributed by atoms with Gasteiger partial charge in [0.15, 0.2) is 0 Å². The molecule has 2 rings (SSSR count). The molecule has 0 radical (unpaired) electrons. The lowest BCUT2D eigenvalue weighted by Crippen LogP contribution is -2.18. The van der Waals surface area contributed by atoms with E-state index in [2.05, 4.69) is 26.6 Å². The Morgan fingerprint density at radius 3 is 2.67 bits per heavy atom. The van der Waals surface area contributed by atoms with Crippen molar-refractivity contribution >= 4 is 39.1 Å². The van der Waals surface area contributed by atoms with Crippen molar-refractivity contribution in [3.05, 3.63) is 75.4 Å². The van der Waals surface area contributed by atoms with Crippen LogP contribution in [0, 0.1) is 11.3 Å². The van der Waals surface area contributed by atoms with Gasteiger partial charge in [-0.25, -0.2) is 0 Å². The molecule has 0 saturated carbocycles. The third-order valence-electron chi connectivity index (χ3n) is 3.17. The zero-order chi connectivity index (χ0) is 17.4. The highest BCUT2D eigenvalue weighted by Crippen LogP contribution is 2.15. The molecule has 2 N–H and O–H groups in total. The van der Waals surface area contributed by atoms with E-state index in [9.17, 15) is 4.79 Å². The average Bonchev–Trinajstić information content (AvgIpc) is 2.56. The van der Waals surface area contributed by atoms with Gasteiger partial charge in [-0.05, 0) is 42.3 Å². The number of anilines is 1. The summed E-state index contributed by atoms with van der Waals surface area (Å²) in [7, 11) is 0. The van der Waals surface area contributed by atoms with Gasteiger partial charge < -0.3 is 10.6 Å². The van der Waals surface area contributed by atoms with Gasteiger partial charge in [-0.1, -0.05) is 45.7 Å². The molecule has 0 unspecified atom stereocenters. The third kappa shape index (κ3) is 5.73. The largest absolute Gasteiger partial charge is 0.389 e. The monoisotopic (exact) mass is 403 g/mol. The SMILES string of the molecule is N#C/C(=C/NCCc1ccc(Br)cc1)C(=O)Nc1cccc(Cl)c1. The zero-order valence-electron chi connectivity index (χ0n) is 12.7. The minimum atomic E-state index is -0.476. The van der Waals surface area contributed by atoms with Gasteiger partial charge in [0.1, 0.15) is 11.6 Å². The molecule has 0 aliphatic carbocycles. The molecule has 4 nitrogen and oxygen atoms in total. The molecule has 0 aliphatic rings. The average molecular weight is 405 g/mol. The predicted octanol–water partition coefficient (Wildman–Crippen LogP) is 4.28. The topological polar surface area (TPSA) is 64.9 Å². The lowest BCUT2D eigenvalue weighted by Gasteiger charge is -2.06. The maximum atomic E-state index is 12.1. The minimum absolute atomic E-state index is 0.00535. The second kappa shape index (κ2) is 9.11. The number of nitrogens with one attached hydrogen (secondary N) is 2. The molecule has 2 aromatic rings. The Hall–Kier alpha value is -2.29. The second-order valence-corrected chi connectivity index (χ2v) is 6.32. The lowest BCUT2D eigenvalue weighted by molar-refractivity contribution is -0.112. The Morgan fingerprint density at radius 2 is 2.00 bits per heavy atom. The van der Waals surface area contributed by atoms with Crippen LogP contribution in [0.5, 0.6) is 0 Å². The van der Waals surface area contributed by atoms with Crippen molar-refractivity contribution in [3.63, 3.8) is 0 Å². The van der Waals surface area contributed by atoms with Crippen LogP contribution in [0.1, 0.15) is 5.56 Å². The maximum absolute atomic E-state index is 12.1. The van der Waals surface area contributed by atoms with Gasteiger partial charge in [-0.2, -0.15) is 5.26 Å². The number of carbonyl (C=O) groups excluding carboxylic acids is 1. The Kier molecular flexibility index (Phi) is 6.86. The van der Waals surface area contributed by atoms with Crippen LogP contribution >= 0.6 is 27.5 Å². The smallest absolute Gasteiger partial charge is 0.267 e. The van der Waals surface area contributed by atoms with Crippen LogP contribution in [0.2, 0.25) is 5.02 Å². The highest BCUT2D eigenvalue weighted by atomic mass is 79.9. The Labute approximate surface area is 154 Å². The molecule has 0 saturated heterocycles. The molecular weight excluding hydrogens is 390 g/mol. The van der Waals surface area contributed by atoms with Crippen molar-refractivity contribution in [2.75, 3.05) is 11.9 Å². The minimum Gasteiger partial charge on any atom is -0.389 e. The first kappa shape index (κ1) is 18.1. The number of hydrogen-bond acceptors (Lipinski definition) is 3. The Morgan fingerprint density at radius 1 is 1.25 bits per heavy atom. The van der Waals surface area contributed by atoms with E-state index in [1.165, 1.54) is 11.8 Å². The summed E-state index contributed by atoms with van der Waals surface area (Å²) in [6.45, 7) is 0.622. The first-order valence-corrected chi connectivity index (χ1v) is 8.40. The summed E-state index contributed by atoms with van der Waals surface area (Å²) >= 11 is 9.26. The van der Waals surface area contributed by atoms with Crippen LogP contribution in [-0.4, -0.2) is 12.5 Å². The van der Waals surface area contributed by atoms with Crippen LogP contribution in [-0.2, 0) is 11.2 Å². The first-order valence-electron chi connectivity index (χ1n) is 7.23. The molecule has 0 atom stereocenters. The second-order valence-electron chi connectivity index (χ2n) is 4.96. The molecule has 1 amide bonds. The normalized spacial score (nSPS) is 10.8. The maximum Gasteiger partial charge on any atom is 0.267 e. The highest BCUT2D eigenvalue weighted by molar-refractivity contribution is 9.10. The van der Waals surface area contributed by atoms with Gasteiger partial charge in [-0.3, -0.25) is 4.79 Å². The van der Waals surface area contributed by atoms with E-state index in [1.807, 2.05) is 30.3 Å². The van der Waals surface area contributed by atoms with Crippen molar-refractivity contribution in [2.45, 2.75) is 6.42 Å². The van der Waals surface area contributed by atoms with Crippen LogP contribution in [0.15, 0.2) is 64.8 Å². The van der Waals surface area contributed by atoms with Crippen molar-refractivity contribution < 1.29 is 4.79 Å². The number of amides is 1. The van der Waals surface area contributed by atoms with Crippen LogP contribution in [0.3, 0.4) is 0 Å². The highest BCUT2D eigenvalue weighted by Gasteiger charge is 2.09. The summed E-state index contributed by atoms with van der Waals surface area (Å²) in [5.41, 5.74) is 1.72. The number of nitriles is 1. The van der Waals surface area contributed by atoms with E-state index in [-0.39, 0.29) is 5.57 Å². The molecule has 0 heterocycles. The molecular formula is C18H15BrClN3O. The zero-order valence-corrected chi connectivity index (χ0v) is 15.1. The van der Waals surface area contributed by atoms with E-state index in [4.69, 9.17) is 16.9 Å². The lowest BCUT2D eigenvalue weighted by atomic mass is 10.1. The molecule has 0 bridgehead atoms. The standard InChI is InChI=1S/C18H15BrClN3O/c19-15-6-4-13(5-7-15)8-9-22-12-14(11-21)18(24)23-17-3-1-2-16(20)10-17/h1-7,10,12,22H,8-9H2,(H,23,24)/b14-12-. The van der Waals surface area contributed by atoms with Gasteiger partial charge in [-0.15, -0.1) is 0 Å². The van der Waals surface area contributed by atoms with E-state index >= 15 is 0 Å². The summed E-state index contributed by atoms with van der Waals surface area (Å²) in [5.74, 6) is -0.476. The van der Waals surface area contributed by atoms with E-state index in [0.29, 0.717) is 17.3 Å². The Balaban J connectivity index is 1.87. The summed E-state index contributed by atoms with van der Waals surface area (Å²) in [6.07, 6.45) is 2.22. The summed E-state index contributed by atoms with van der Waals surface area (Å²) in [6, 6.07) is 16.6. The number of rotatable bonds is 6. The summed E-state index contributed by atoms with van der Waals surface area (Å²) < 4.78 is 1.03. The van der Waals surface area contributed by atoms with E-state index in [0.717, 1.165) is 10.9 Å². The first-order chi connectivity index (χ1) is 11.6. The predicted molar refractivity (Wildman–Crippen MR) is 99.6 cm³/mol. The van der Waals surface area contributed by atoms with Gasteiger partial charge in [0, 0.05) is 27.9 Å². The molecule has 2 aromatic carbocycles. The van der Waals surface area contributed by atoms with Gasteiger partial charge in [0.25, 0.3) is 5.91 Å². The molecule has 0 spiro atoms. The summed E-state index contributed by atoms with van der Waals surface area (Å²) in [4.78, 5) is 12.1. The Bertz CT molecular complexity index is 782. The molecule has 0 aromatic heterocycles. The molecule has 0 fully saturated rings. The van der Waals surface area contributed by atoms with E-state index < -0.39 is 5.91 Å². The van der Waals surface area contributed by atoms with E-state index in [1.54, 1.807) is 24.3 Å². The molecule has 6 heteroatoms. The van der Waals surface area contributed by atoms with Gasteiger partial charge in [0.2, 0.25) is 0 Å². The van der Waals surface area contributed by atoms with Crippen LogP contribution in [0.25, 0.3) is 0 Å². The van der Waals surface area contributed by atoms with Crippen LogP contribution < -0.4 is 10.6 Å². The van der Waals surface area contributed by atoms with Gasteiger partial charge in [0.05, 0.1) is 0 Å².